The van der Waals surface area contributed by atoms with E-state index in [0.717, 1.165) is 75.0 Å². The molecule has 2 heterocycles. The molecule has 0 saturated carbocycles. The lowest BCUT2D eigenvalue weighted by molar-refractivity contribution is 0.526. The van der Waals surface area contributed by atoms with Crippen LogP contribution in [0.2, 0.25) is 0 Å². The minimum Gasteiger partial charge on any atom is -0.460 e. The van der Waals surface area contributed by atoms with Gasteiger partial charge in [0.1, 0.15) is 16.9 Å². The Kier molecular flexibility index (Phi) is 6.14. The molecule has 3 nitrogen and oxygen atoms in total. The quantitative estimate of drug-likeness (QED) is 0.215. The zero-order valence-corrected chi connectivity index (χ0v) is 25.7. The molecule has 1 N–H and O–H groups in total. The van der Waals surface area contributed by atoms with Gasteiger partial charge in [0.25, 0.3) is 0 Å². The summed E-state index contributed by atoms with van der Waals surface area (Å²) in [6.45, 7) is 2.31. The number of allylic oxidation sites excluding steroid dienone is 5. The molecule has 3 heteroatoms. The first kappa shape index (κ1) is 26.8. The predicted molar refractivity (Wildman–Crippen MR) is 192 cm³/mol. The van der Waals surface area contributed by atoms with Gasteiger partial charge in [-0.25, -0.2) is 0 Å². The van der Waals surface area contributed by atoms with Crippen LogP contribution in [0.3, 0.4) is 0 Å². The highest BCUT2D eigenvalue weighted by molar-refractivity contribution is 6.13. The first-order chi connectivity index (χ1) is 22.7. The fraction of sp³-hybridized carbons (Fsp3) is 0.116. The van der Waals surface area contributed by atoms with E-state index in [1.807, 2.05) is 6.07 Å². The third kappa shape index (κ3) is 4.27. The third-order valence-corrected chi connectivity index (χ3v) is 9.72. The first-order valence-corrected chi connectivity index (χ1v) is 16.1. The van der Waals surface area contributed by atoms with Gasteiger partial charge in [-0.15, -0.1) is 0 Å². The van der Waals surface area contributed by atoms with Gasteiger partial charge in [-0.3, -0.25) is 0 Å². The highest BCUT2D eigenvalue weighted by Gasteiger charge is 2.32. The van der Waals surface area contributed by atoms with Gasteiger partial charge in [0.05, 0.1) is 5.69 Å². The van der Waals surface area contributed by atoms with Crippen LogP contribution in [-0.2, 0) is 11.8 Å². The van der Waals surface area contributed by atoms with Gasteiger partial charge in [-0.05, 0) is 47.7 Å². The normalized spacial score (nSPS) is 17.2. The van der Waals surface area contributed by atoms with Gasteiger partial charge in [-0.1, -0.05) is 128 Å². The fourth-order valence-corrected chi connectivity index (χ4v) is 7.36. The van der Waals surface area contributed by atoms with E-state index in [1.54, 1.807) is 0 Å². The van der Waals surface area contributed by atoms with Crippen molar-refractivity contribution in [1.82, 2.24) is 0 Å². The summed E-state index contributed by atoms with van der Waals surface area (Å²) < 4.78 is 13.5. The number of hydrogen-bond acceptors (Lipinski definition) is 3. The second kappa shape index (κ2) is 10.5. The maximum absolute atomic E-state index is 6.80. The summed E-state index contributed by atoms with van der Waals surface area (Å²) in [6.07, 6.45) is 16.2. The molecule has 0 bridgehead atoms. The van der Waals surface area contributed by atoms with E-state index < -0.39 is 0 Å². The van der Waals surface area contributed by atoms with Crippen LogP contribution in [0.4, 0.5) is 11.4 Å². The average Bonchev–Trinajstić information content (AvgIpc) is 3.68. The van der Waals surface area contributed by atoms with Crippen LogP contribution in [-0.4, -0.2) is 0 Å². The summed E-state index contributed by atoms with van der Waals surface area (Å²) >= 11 is 0. The minimum absolute atomic E-state index is 0.221. The van der Waals surface area contributed by atoms with Crippen molar-refractivity contribution in [3.8, 4) is 22.3 Å². The molecule has 0 amide bonds. The van der Waals surface area contributed by atoms with E-state index in [0.29, 0.717) is 0 Å². The van der Waals surface area contributed by atoms with E-state index in [4.69, 9.17) is 8.83 Å². The highest BCUT2D eigenvalue weighted by atomic mass is 16.3. The van der Waals surface area contributed by atoms with E-state index in [9.17, 15) is 0 Å². The molecule has 222 valence electrons. The Morgan fingerprint density at radius 2 is 1.39 bits per heavy atom. The Labute approximate surface area is 268 Å². The molecule has 0 saturated heterocycles. The van der Waals surface area contributed by atoms with E-state index >= 15 is 0 Å². The fourth-order valence-electron chi connectivity index (χ4n) is 7.36. The molecule has 46 heavy (non-hydrogen) atoms. The number of anilines is 2. The van der Waals surface area contributed by atoms with Crippen molar-refractivity contribution in [3.05, 3.63) is 150 Å². The average molecular weight is 596 g/mol. The number of hydrogen-bond donors (Lipinski definition) is 1. The molecule has 5 aromatic carbocycles. The van der Waals surface area contributed by atoms with Crippen LogP contribution in [0, 0.1) is 0 Å². The predicted octanol–water partition coefficient (Wildman–Crippen LogP) is 12.1. The van der Waals surface area contributed by atoms with Crippen molar-refractivity contribution in [2.24, 2.45) is 0 Å². The Hall–Kier alpha value is -5.54. The number of para-hydroxylation sites is 2. The van der Waals surface area contributed by atoms with Gasteiger partial charge in [0, 0.05) is 50.4 Å². The number of rotatable bonds is 5. The molecule has 1 unspecified atom stereocenters. The lowest BCUT2D eigenvalue weighted by atomic mass is 9.75. The van der Waals surface area contributed by atoms with Crippen LogP contribution >= 0.6 is 0 Å². The molecular weight excluding hydrogens is 562 g/mol. The summed E-state index contributed by atoms with van der Waals surface area (Å²) in [4.78, 5) is 0. The second-order valence-corrected chi connectivity index (χ2v) is 12.7. The summed E-state index contributed by atoms with van der Waals surface area (Å²) in [5.74, 6) is 1.08. The lowest BCUT2D eigenvalue weighted by Crippen LogP contribution is -2.21. The van der Waals surface area contributed by atoms with Crippen LogP contribution in [0.25, 0.3) is 61.2 Å². The van der Waals surface area contributed by atoms with Crippen molar-refractivity contribution < 1.29 is 8.83 Å². The molecule has 1 atom stereocenters. The topological polar surface area (TPSA) is 38.3 Å². The summed E-state index contributed by atoms with van der Waals surface area (Å²) in [5, 5.41) is 7.21. The van der Waals surface area contributed by atoms with Gasteiger partial charge in [-0.2, -0.15) is 0 Å². The van der Waals surface area contributed by atoms with Crippen molar-refractivity contribution in [3.63, 3.8) is 0 Å². The van der Waals surface area contributed by atoms with Gasteiger partial charge < -0.3 is 14.2 Å². The van der Waals surface area contributed by atoms with Crippen LogP contribution in [0.1, 0.15) is 36.7 Å². The standard InChI is InChI=1S/C43H33NO2/c1-43(26-8-3-9-27-43)39-36(25-24-35-32-14-6-7-19-38(32)45-42(35)39)44-37-18-11-17-34-33-16-10-15-31(40(33)46-41(34)37)30-22-20-29(21-23-30)28-12-4-2-5-13-28/h2-6,8-18,20-26,44H,7,19,27H2,1H3. The third-order valence-electron chi connectivity index (χ3n) is 9.72. The van der Waals surface area contributed by atoms with Crippen molar-refractivity contribution in [2.45, 2.75) is 31.6 Å². The molecule has 2 aromatic heterocycles. The van der Waals surface area contributed by atoms with Gasteiger partial charge in [0.2, 0.25) is 0 Å². The number of aryl methyl sites for hydroxylation is 1. The first-order valence-electron chi connectivity index (χ1n) is 16.1. The Morgan fingerprint density at radius 1 is 0.609 bits per heavy atom. The Balaban J connectivity index is 1.17. The molecule has 2 aliphatic carbocycles. The molecule has 0 radical (unpaired) electrons. The zero-order chi connectivity index (χ0) is 30.7. The monoisotopic (exact) mass is 595 g/mol. The Morgan fingerprint density at radius 3 is 2.22 bits per heavy atom. The molecule has 0 aliphatic heterocycles. The number of fused-ring (bicyclic) bond motifs is 6. The van der Waals surface area contributed by atoms with Crippen LogP contribution in [0.5, 0.6) is 0 Å². The number of furan rings is 2. The lowest BCUT2D eigenvalue weighted by Gasteiger charge is -2.30. The zero-order valence-electron chi connectivity index (χ0n) is 25.7. The maximum Gasteiger partial charge on any atom is 0.158 e. The second-order valence-electron chi connectivity index (χ2n) is 12.7. The van der Waals surface area contributed by atoms with E-state index in [1.165, 1.54) is 27.6 Å². The molecule has 7 aromatic rings. The number of benzene rings is 5. The van der Waals surface area contributed by atoms with E-state index in [-0.39, 0.29) is 5.41 Å². The smallest absolute Gasteiger partial charge is 0.158 e. The van der Waals surface area contributed by atoms with Crippen molar-refractivity contribution >= 4 is 50.4 Å². The molecule has 2 aliphatic rings. The van der Waals surface area contributed by atoms with Crippen molar-refractivity contribution in [2.75, 3.05) is 5.32 Å². The summed E-state index contributed by atoms with van der Waals surface area (Å²) in [5.41, 5.74) is 11.5. The van der Waals surface area contributed by atoms with Gasteiger partial charge in [0.15, 0.2) is 5.58 Å². The highest BCUT2D eigenvalue weighted by Crippen LogP contribution is 2.46. The molecule has 0 fully saturated rings. The maximum atomic E-state index is 6.80. The van der Waals surface area contributed by atoms with E-state index in [2.05, 4.69) is 146 Å². The minimum atomic E-state index is -0.221. The van der Waals surface area contributed by atoms with Crippen LogP contribution in [0.15, 0.2) is 142 Å². The molecule has 9 rings (SSSR count). The number of nitrogens with one attached hydrogen (secondary N) is 1. The Bertz CT molecular complexity index is 2370. The summed E-state index contributed by atoms with van der Waals surface area (Å²) in [6, 6.07) is 36.5. The summed E-state index contributed by atoms with van der Waals surface area (Å²) in [7, 11) is 0. The van der Waals surface area contributed by atoms with Crippen LogP contribution < -0.4 is 5.32 Å². The SMILES string of the molecule is CC1(c2c(Nc3cccc4c3oc3c(-c5ccc(-c6ccccc6)cc5)cccc34)ccc3c4c(oc23)CCC=C4)C=CC=CC1. The molecule has 0 spiro atoms. The molecular formula is C43H33NO2. The van der Waals surface area contributed by atoms with Crippen molar-refractivity contribution in [1.29, 1.82) is 0 Å². The van der Waals surface area contributed by atoms with Gasteiger partial charge >= 0.3 is 0 Å². The largest absolute Gasteiger partial charge is 0.460 e.